The molecule has 1 fully saturated rings. The maximum Gasteiger partial charge on any atom is 0.285 e. The lowest BCUT2D eigenvalue weighted by Crippen LogP contribution is -2.44. The molecule has 1 saturated heterocycles. The topological polar surface area (TPSA) is 115 Å². The van der Waals surface area contributed by atoms with Crippen LogP contribution in [-0.2, 0) is 4.79 Å². The van der Waals surface area contributed by atoms with Crippen LogP contribution in [0.1, 0.15) is 27.2 Å². The normalized spacial score (nSPS) is 14.5. The van der Waals surface area contributed by atoms with Gasteiger partial charge in [0.05, 0.1) is 22.5 Å². The van der Waals surface area contributed by atoms with E-state index in [-0.39, 0.29) is 14.9 Å². The number of carbonyl (C=O) groups is 2. The minimum Gasteiger partial charge on any atom is -0.497 e. The summed E-state index contributed by atoms with van der Waals surface area (Å²) < 4.78 is 11.0. The predicted molar refractivity (Wildman–Crippen MR) is 136 cm³/mol. The number of nitrogens with zero attached hydrogens (tertiary/aromatic N) is 2. The summed E-state index contributed by atoms with van der Waals surface area (Å²) >= 11 is 6.26. The maximum absolute atomic E-state index is 12.9. The molecule has 0 atom stereocenters. The van der Waals surface area contributed by atoms with Crippen molar-refractivity contribution in [2.45, 2.75) is 13.8 Å². The first-order chi connectivity index (χ1) is 16.7. The van der Waals surface area contributed by atoms with Crippen LogP contribution in [0.2, 0.25) is 0 Å². The first kappa shape index (κ1) is 24.2. The molecule has 0 aliphatic carbocycles. The minimum atomic E-state index is -0.517. The molecular weight excluding hydrogens is 490 g/mol. The molecule has 178 valence electrons. The zero-order valence-corrected chi connectivity index (χ0v) is 20.5. The number of benzene rings is 2. The largest absolute Gasteiger partial charge is 0.497 e. The van der Waals surface area contributed by atoms with Gasteiger partial charge in [0, 0.05) is 17.7 Å². The van der Waals surface area contributed by atoms with Crippen molar-refractivity contribution in [2.24, 2.45) is 0 Å². The van der Waals surface area contributed by atoms with Gasteiger partial charge in [-0.15, -0.1) is 0 Å². The molecule has 9 nitrogen and oxygen atoms in total. The number of ether oxygens (including phenoxy) is 1. The van der Waals surface area contributed by atoms with E-state index in [1.165, 1.54) is 19.3 Å². The van der Waals surface area contributed by atoms with Crippen molar-refractivity contribution in [3.63, 3.8) is 0 Å². The molecule has 0 bridgehead atoms. The van der Waals surface area contributed by atoms with Gasteiger partial charge < -0.3 is 9.15 Å². The van der Waals surface area contributed by atoms with Crippen LogP contribution in [0.25, 0.3) is 17.4 Å². The summed E-state index contributed by atoms with van der Waals surface area (Å²) in [7, 11) is 1.52. The molecule has 4 rings (SSSR count). The Morgan fingerprint density at radius 3 is 2.51 bits per heavy atom. The molecule has 35 heavy (non-hydrogen) atoms. The van der Waals surface area contributed by atoms with Crippen LogP contribution in [0.5, 0.6) is 5.75 Å². The van der Waals surface area contributed by atoms with Crippen molar-refractivity contribution in [1.29, 1.82) is 0 Å². The molecule has 1 N–H and O–H groups in total. The summed E-state index contributed by atoms with van der Waals surface area (Å²) in [6, 6.07) is 12.8. The molecule has 1 aliphatic heterocycles. The molecule has 2 heterocycles. The average molecular weight is 510 g/mol. The monoisotopic (exact) mass is 509 g/mol. The molecule has 0 saturated carbocycles. The number of carbonyl (C=O) groups excluding carboxylic acids is 2. The van der Waals surface area contributed by atoms with Gasteiger partial charge in [-0.3, -0.25) is 25.1 Å². The molecule has 2 amide bonds. The number of nitro groups is 1. The Morgan fingerprint density at radius 2 is 1.86 bits per heavy atom. The maximum atomic E-state index is 12.9. The minimum absolute atomic E-state index is 0.0680. The molecule has 3 aromatic rings. The fourth-order valence-corrected chi connectivity index (χ4v) is 4.49. The molecule has 0 unspecified atom stereocenters. The van der Waals surface area contributed by atoms with E-state index in [0.29, 0.717) is 28.4 Å². The number of thiocarbonyl (C=S) groups is 1. The van der Waals surface area contributed by atoms with Gasteiger partial charge >= 0.3 is 0 Å². The molecule has 2 aromatic carbocycles. The lowest BCUT2D eigenvalue weighted by Gasteiger charge is -2.15. The van der Waals surface area contributed by atoms with Gasteiger partial charge in [-0.1, -0.05) is 11.8 Å². The van der Waals surface area contributed by atoms with E-state index in [4.69, 9.17) is 21.4 Å². The highest BCUT2D eigenvalue weighted by Gasteiger charge is 2.34. The van der Waals surface area contributed by atoms with Gasteiger partial charge in [0.15, 0.2) is 4.32 Å². The van der Waals surface area contributed by atoms with Crippen molar-refractivity contribution in [2.75, 3.05) is 7.11 Å². The first-order valence-corrected chi connectivity index (χ1v) is 11.5. The number of thioether (sulfide) groups is 1. The van der Waals surface area contributed by atoms with Crippen molar-refractivity contribution in [3.05, 3.63) is 86.0 Å². The smallest absolute Gasteiger partial charge is 0.285 e. The Bertz CT molecular complexity index is 1390. The summed E-state index contributed by atoms with van der Waals surface area (Å²) in [5.74, 6) is 0.187. The Hall–Kier alpha value is -3.96. The standard InChI is InChI=1S/C24H19N3O6S2/c1-13-10-18(19(27(30)31)11-14(13)2)20-9-8-17(33-20)12-21-23(29)26(24(34)35-21)25-22(28)15-4-6-16(32-3)7-5-15/h4-12H,1-3H3,(H,25,28)/b21-12-. The van der Waals surface area contributed by atoms with Crippen LogP contribution in [0, 0.1) is 24.0 Å². The van der Waals surface area contributed by atoms with Crippen LogP contribution in [0.3, 0.4) is 0 Å². The summed E-state index contributed by atoms with van der Waals surface area (Å²) in [5.41, 5.74) is 4.80. The van der Waals surface area contributed by atoms with E-state index >= 15 is 0 Å². The number of amides is 2. The number of furan rings is 1. The SMILES string of the molecule is COc1ccc(C(=O)NN2C(=O)/C(=C/c3ccc(-c4cc(C)c(C)cc4[N+](=O)[O-])o3)SC2=S)cc1. The Balaban J connectivity index is 1.54. The molecule has 1 aliphatic rings. The van der Waals surface area contributed by atoms with E-state index < -0.39 is 16.7 Å². The molecular formula is C24H19N3O6S2. The zero-order chi connectivity index (χ0) is 25.3. The summed E-state index contributed by atoms with van der Waals surface area (Å²) in [5, 5.41) is 12.5. The van der Waals surface area contributed by atoms with Gasteiger partial charge in [0.2, 0.25) is 0 Å². The Labute approximate surface area is 209 Å². The summed E-state index contributed by atoms with van der Waals surface area (Å²) in [6.45, 7) is 3.66. The van der Waals surface area contributed by atoms with E-state index in [9.17, 15) is 19.7 Å². The van der Waals surface area contributed by atoms with E-state index in [0.717, 1.165) is 27.9 Å². The molecule has 1 aromatic heterocycles. The van der Waals surface area contributed by atoms with Crippen LogP contribution in [-0.4, -0.2) is 33.2 Å². The fourth-order valence-electron chi connectivity index (χ4n) is 3.33. The Kier molecular flexibility index (Phi) is 6.72. The lowest BCUT2D eigenvalue weighted by molar-refractivity contribution is -0.384. The third-order valence-electron chi connectivity index (χ3n) is 5.33. The predicted octanol–water partition coefficient (Wildman–Crippen LogP) is 5.03. The van der Waals surface area contributed by atoms with E-state index in [1.807, 2.05) is 6.92 Å². The quantitative estimate of drug-likeness (QED) is 0.213. The summed E-state index contributed by atoms with van der Waals surface area (Å²) in [4.78, 5) is 36.7. The number of methoxy groups -OCH3 is 1. The number of rotatable bonds is 6. The fraction of sp³-hybridized carbons (Fsp3) is 0.125. The van der Waals surface area contributed by atoms with E-state index in [1.54, 1.807) is 49.4 Å². The van der Waals surface area contributed by atoms with E-state index in [2.05, 4.69) is 5.43 Å². The van der Waals surface area contributed by atoms with Crippen molar-refractivity contribution >= 4 is 51.9 Å². The number of nitrogens with one attached hydrogen (secondary N) is 1. The molecule has 11 heteroatoms. The second-order valence-electron chi connectivity index (χ2n) is 7.60. The van der Waals surface area contributed by atoms with Gasteiger partial charge in [-0.25, -0.2) is 0 Å². The van der Waals surface area contributed by atoms with Crippen LogP contribution in [0.15, 0.2) is 57.9 Å². The van der Waals surface area contributed by atoms with Crippen molar-refractivity contribution in [3.8, 4) is 17.1 Å². The number of hydrogen-bond acceptors (Lipinski definition) is 8. The summed E-state index contributed by atoms with van der Waals surface area (Å²) in [6.07, 6.45) is 1.48. The van der Waals surface area contributed by atoms with Gasteiger partial charge in [0.1, 0.15) is 17.3 Å². The number of hydrazine groups is 1. The van der Waals surface area contributed by atoms with Crippen LogP contribution < -0.4 is 10.2 Å². The number of aryl methyl sites for hydroxylation is 2. The van der Waals surface area contributed by atoms with Crippen molar-refractivity contribution < 1.29 is 23.7 Å². The van der Waals surface area contributed by atoms with Crippen molar-refractivity contribution in [1.82, 2.24) is 10.4 Å². The second kappa shape index (κ2) is 9.72. The molecule has 0 radical (unpaired) electrons. The highest BCUT2D eigenvalue weighted by Crippen LogP contribution is 2.36. The zero-order valence-electron chi connectivity index (χ0n) is 18.9. The number of nitro benzene ring substituents is 1. The highest BCUT2D eigenvalue weighted by molar-refractivity contribution is 8.26. The van der Waals surface area contributed by atoms with Gasteiger partial charge in [-0.05, 0) is 79.7 Å². The van der Waals surface area contributed by atoms with Crippen LogP contribution in [0.4, 0.5) is 5.69 Å². The van der Waals surface area contributed by atoms with Gasteiger partial charge in [-0.2, -0.15) is 5.01 Å². The average Bonchev–Trinajstić information content (AvgIpc) is 3.40. The Morgan fingerprint density at radius 1 is 1.17 bits per heavy atom. The number of hydrogen-bond donors (Lipinski definition) is 1. The highest BCUT2D eigenvalue weighted by atomic mass is 32.2. The molecule has 0 spiro atoms. The third kappa shape index (κ3) is 4.96. The first-order valence-electron chi connectivity index (χ1n) is 10.3. The lowest BCUT2D eigenvalue weighted by atomic mass is 10.0. The van der Waals surface area contributed by atoms with Gasteiger partial charge in [0.25, 0.3) is 17.5 Å². The third-order valence-corrected chi connectivity index (χ3v) is 6.64. The van der Waals surface area contributed by atoms with Crippen LogP contribution >= 0.6 is 24.0 Å². The second-order valence-corrected chi connectivity index (χ2v) is 9.28.